The van der Waals surface area contributed by atoms with Crippen molar-refractivity contribution in [2.45, 2.75) is 23.8 Å². The predicted molar refractivity (Wildman–Crippen MR) is 131 cm³/mol. The number of phenolic OH excluding ortho intramolecular Hbond substituents is 1. The van der Waals surface area contributed by atoms with Gasteiger partial charge in [0.15, 0.2) is 0 Å². The zero-order valence-electron chi connectivity index (χ0n) is 19.1. The normalized spacial score (nSPS) is 15.4. The van der Waals surface area contributed by atoms with E-state index in [1.807, 2.05) is 0 Å². The van der Waals surface area contributed by atoms with Crippen LogP contribution >= 0.6 is 0 Å². The molecule has 0 saturated carbocycles. The number of nitrogens with one attached hydrogen (secondary N) is 2. The highest BCUT2D eigenvalue weighted by Crippen LogP contribution is 2.30. The van der Waals surface area contributed by atoms with Gasteiger partial charge >= 0.3 is 0 Å². The number of amides is 1. The minimum atomic E-state index is -4.03. The fourth-order valence-electron chi connectivity index (χ4n) is 3.60. The van der Waals surface area contributed by atoms with Crippen molar-refractivity contribution in [3.63, 3.8) is 0 Å². The second kappa shape index (κ2) is 10.7. The maximum atomic E-state index is 12.9. The summed E-state index contributed by atoms with van der Waals surface area (Å²) in [5.41, 5.74) is 0.492. The molecule has 0 aromatic heterocycles. The topological polar surface area (TPSA) is 123 Å². The number of ether oxygens (including phenoxy) is 3. The SMILES string of the molecule is COc1ccccc1NS(=O)(=O)c1ccc(O)c(NC(=O)c2cccc(OC[C@@H]3CCCO3)c2)c1. The van der Waals surface area contributed by atoms with Crippen molar-refractivity contribution in [1.82, 2.24) is 0 Å². The van der Waals surface area contributed by atoms with Crippen LogP contribution in [0.5, 0.6) is 17.2 Å². The Bertz CT molecular complexity index is 1300. The van der Waals surface area contributed by atoms with E-state index in [-0.39, 0.29) is 33.7 Å². The van der Waals surface area contributed by atoms with E-state index in [1.54, 1.807) is 48.5 Å². The van der Waals surface area contributed by atoms with E-state index in [0.29, 0.717) is 18.1 Å². The lowest BCUT2D eigenvalue weighted by Crippen LogP contribution is -2.17. The molecule has 1 fully saturated rings. The quantitative estimate of drug-likeness (QED) is 0.381. The van der Waals surface area contributed by atoms with Gasteiger partial charge in [-0.15, -0.1) is 0 Å². The average Bonchev–Trinajstić information content (AvgIpc) is 3.38. The van der Waals surface area contributed by atoms with E-state index in [4.69, 9.17) is 14.2 Å². The van der Waals surface area contributed by atoms with Crippen LogP contribution in [-0.2, 0) is 14.8 Å². The second-order valence-electron chi connectivity index (χ2n) is 7.91. The van der Waals surface area contributed by atoms with E-state index in [2.05, 4.69) is 10.0 Å². The van der Waals surface area contributed by atoms with Gasteiger partial charge in [0.2, 0.25) is 0 Å². The summed E-state index contributed by atoms with van der Waals surface area (Å²) in [7, 11) is -2.60. The van der Waals surface area contributed by atoms with E-state index in [1.165, 1.54) is 25.3 Å². The van der Waals surface area contributed by atoms with Gasteiger partial charge < -0.3 is 24.6 Å². The van der Waals surface area contributed by atoms with Crippen molar-refractivity contribution in [1.29, 1.82) is 0 Å². The zero-order valence-corrected chi connectivity index (χ0v) is 19.9. The molecule has 0 bridgehead atoms. The Labute approximate surface area is 203 Å². The van der Waals surface area contributed by atoms with Crippen molar-refractivity contribution < 1.29 is 32.5 Å². The Hall–Kier alpha value is -3.76. The van der Waals surface area contributed by atoms with Gasteiger partial charge in [0.05, 0.1) is 29.5 Å². The standard InChI is InChI=1S/C25H26N2O7S/c1-32-24-10-3-2-9-21(24)27-35(30,31)20-11-12-23(28)22(15-20)26-25(29)17-6-4-7-18(14-17)34-16-19-8-5-13-33-19/h2-4,6-7,9-12,14-15,19,27-28H,5,8,13,16H2,1H3,(H,26,29)/t19-/m0/s1. The highest BCUT2D eigenvalue weighted by atomic mass is 32.2. The van der Waals surface area contributed by atoms with E-state index in [0.717, 1.165) is 19.4 Å². The summed E-state index contributed by atoms with van der Waals surface area (Å²) in [6.07, 6.45) is 1.98. The summed E-state index contributed by atoms with van der Waals surface area (Å²) in [5, 5.41) is 12.8. The number of sulfonamides is 1. The summed E-state index contributed by atoms with van der Waals surface area (Å²) < 4.78 is 44.8. The van der Waals surface area contributed by atoms with Crippen molar-refractivity contribution >= 4 is 27.3 Å². The number of phenols is 1. The Kier molecular flexibility index (Phi) is 7.42. The molecule has 1 heterocycles. The third-order valence-corrected chi connectivity index (χ3v) is 6.80. The van der Waals surface area contributed by atoms with Crippen LogP contribution in [0.25, 0.3) is 0 Å². The smallest absolute Gasteiger partial charge is 0.262 e. The van der Waals surface area contributed by atoms with Crippen LogP contribution in [-0.4, -0.2) is 45.9 Å². The van der Waals surface area contributed by atoms with Gasteiger partial charge in [-0.2, -0.15) is 0 Å². The van der Waals surface area contributed by atoms with Gasteiger partial charge in [-0.3, -0.25) is 9.52 Å². The molecule has 1 aliphatic heterocycles. The third-order valence-electron chi connectivity index (χ3n) is 5.43. The lowest BCUT2D eigenvalue weighted by atomic mass is 10.2. The number of aromatic hydroxyl groups is 1. The fourth-order valence-corrected chi connectivity index (χ4v) is 4.70. The van der Waals surface area contributed by atoms with Gasteiger partial charge in [0.25, 0.3) is 15.9 Å². The number of rotatable bonds is 9. The van der Waals surface area contributed by atoms with Crippen LogP contribution in [0, 0.1) is 0 Å². The van der Waals surface area contributed by atoms with Gasteiger partial charge in [-0.1, -0.05) is 18.2 Å². The summed E-state index contributed by atoms with van der Waals surface area (Å²) in [4.78, 5) is 12.7. The Morgan fingerprint density at radius 2 is 1.91 bits per heavy atom. The minimum Gasteiger partial charge on any atom is -0.506 e. The van der Waals surface area contributed by atoms with Crippen molar-refractivity contribution in [3.05, 3.63) is 72.3 Å². The van der Waals surface area contributed by atoms with Crippen molar-refractivity contribution in [2.75, 3.05) is 30.4 Å². The molecular formula is C25H26N2O7S. The van der Waals surface area contributed by atoms with Crippen LogP contribution in [0.2, 0.25) is 0 Å². The zero-order chi connectivity index (χ0) is 24.8. The molecule has 3 N–H and O–H groups in total. The number of hydrogen-bond acceptors (Lipinski definition) is 7. The molecule has 10 heteroatoms. The first-order valence-corrected chi connectivity index (χ1v) is 12.5. The number of para-hydroxylation sites is 2. The summed E-state index contributed by atoms with van der Waals surface area (Å²) in [6.45, 7) is 1.12. The number of benzene rings is 3. The maximum Gasteiger partial charge on any atom is 0.262 e. The van der Waals surface area contributed by atoms with E-state index < -0.39 is 15.9 Å². The summed E-state index contributed by atoms with van der Waals surface area (Å²) in [5.74, 6) is 0.0511. The van der Waals surface area contributed by atoms with Crippen LogP contribution < -0.4 is 19.5 Å². The van der Waals surface area contributed by atoms with Gasteiger partial charge in [0.1, 0.15) is 23.9 Å². The van der Waals surface area contributed by atoms with E-state index in [9.17, 15) is 18.3 Å². The molecule has 0 radical (unpaired) electrons. The fraction of sp³-hybridized carbons (Fsp3) is 0.240. The number of methoxy groups -OCH3 is 1. The number of carbonyl (C=O) groups excluding carboxylic acids is 1. The maximum absolute atomic E-state index is 12.9. The monoisotopic (exact) mass is 498 g/mol. The molecule has 0 aliphatic carbocycles. The second-order valence-corrected chi connectivity index (χ2v) is 9.60. The Morgan fingerprint density at radius 3 is 2.69 bits per heavy atom. The molecule has 3 aromatic carbocycles. The molecule has 1 saturated heterocycles. The molecule has 4 rings (SSSR count). The molecule has 184 valence electrons. The minimum absolute atomic E-state index is 0.0404. The molecule has 35 heavy (non-hydrogen) atoms. The van der Waals surface area contributed by atoms with Crippen molar-refractivity contribution in [3.8, 4) is 17.2 Å². The number of carbonyl (C=O) groups is 1. The molecule has 3 aromatic rings. The van der Waals surface area contributed by atoms with Crippen LogP contribution in [0.4, 0.5) is 11.4 Å². The molecule has 1 atom stereocenters. The van der Waals surface area contributed by atoms with Crippen molar-refractivity contribution in [2.24, 2.45) is 0 Å². The van der Waals surface area contributed by atoms with Crippen LogP contribution in [0.1, 0.15) is 23.2 Å². The molecule has 0 unspecified atom stereocenters. The molecular weight excluding hydrogens is 472 g/mol. The van der Waals surface area contributed by atoms with Crippen LogP contribution in [0.3, 0.4) is 0 Å². The first-order chi connectivity index (χ1) is 16.9. The predicted octanol–water partition coefficient (Wildman–Crippen LogP) is 4.01. The Balaban J connectivity index is 1.49. The third kappa shape index (κ3) is 6.03. The van der Waals surface area contributed by atoms with Gasteiger partial charge in [0, 0.05) is 12.2 Å². The first-order valence-electron chi connectivity index (χ1n) is 11.0. The Morgan fingerprint density at radius 1 is 1.09 bits per heavy atom. The lowest BCUT2D eigenvalue weighted by Gasteiger charge is -2.14. The lowest BCUT2D eigenvalue weighted by molar-refractivity contribution is 0.0679. The summed E-state index contributed by atoms with van der Waals surface area (Å²) >= 11 is 0. The molecule has 9 nitrogen and oxygen atoms in total. The summed E-state index contributed by atoms with van der Waals surface area (Å²) in [6, 6.07) is 16.8. The van der Waals surface area contributed by atoms with Gasteiger partial charge in [-0.05, 0) is 61.4 Å². The largest absolute Gasteiger partial charge is 0.506 e. The van der Waals surface area contributed by atoms with Crippen LogP contribution in [0.15, 0.2) is 71.6 Å². The molecule has 1 aliphatic rings. The number of anilines is 2. The first kappa shape index (κ1) is 24.4. The average molecular weight is 499 g/mol. The molecule has 0 spiro atoms. The highest BCUT2D eigenvalue weighted by Gasteiger charge is 2.20. The number of hydrogen-bond donors (Lipinski definition) is 3. The van der Waals surface area contributed by atoms with Gasteiger partial charge in [-0.25, -0.2) is 8.42 Å². The molecule has 1 amide bonds. The van der Waals surface area contributed by atoms with E-state index >= 15 is 0 Å². The highest BCUT2D eigenvalue weighted by molar-refractivity contribution is 7.92.